The Kier molecular flexibility index (Phi) is 10.4. The third-order valence-electron chi connectivity index (χ3n) is 6.72. The van der Waals surface area contributed by atoms with Crippen molar-refractivity contribution in [2.45, 2.75) is 23.2 Å². The molecule has 3 aliphatic rings. The number of fused-ring (bicyclic) bond motifs is 1. The number of hydrogen-bond donors (Lipinski definition) is 3. The Hall–Kier alpha value is -2.56. The Balaban J connectivity index is 0.00000441. The molecule has 4 rings (SSSR count). The van der Waals surface area contributed by atoms with Crippen LogP contribution in [0.3, 0.4) is 0 Å². The summed E-state index contributed by atoms with van der Waals surface area (Å²) in [4.78, 5) is 78.1. The number of nitrogens with zero attached hydrogens (tertiary/aromatic N) is 3. The van der Waals surface area contributed by atoms with Crippen LogP contribution in [0.2, 0.25) is 0 Å². The Morgan fingerprint density at radius 3 is 2.42 bits per heavy atom. The second-order valence-electron chi connectivity index (χ2n) is 8.80. The number of carbonyl (C=O) groups is 6. The number of β-lactam (4-membered cyclic amide) rings is 1. The maximum absolute atomic E-state index is 13.7. The molecule has 3 aliphatic heterocycles. The fraction of sp³-hybridized carbons (Fsp3) is 0.417. The minimum atomic E-state index is -1.62. The van der Waals surface area contributed by atoms with E-state index in [0.29, 0.717) is 12.1 Å². The predicted octanol–water partition coefficient (Wildman–Crippen LogP) is -4.78. The third-order valence-corrected chi connectivity index (χ3v) is 9.41. The van der Waals surface area contributed by atoms with E-state index in [0.717, 1.165) is 21.6 Å². The molecule has 13 nitrogen and oxygen atoms in total. The molecule has 6 amide bonds. The Morgan fingerprint density at radius 1 is 1.18 bits per heavy atom. The molecule has 40 heavy (non-hydrogen) atoms. The quantitative estimate of drug-likeness (QED) is 0.114. The number of carboxylic acids is 1. The molecule has 3 N–H and O–H groups in total. The van der Waals surface area contributed by atoms with E-state index >= 15 is 0 Å². The number of aliphatic hydroxyl groups is 1. The molecule has 2 saturated heterocycles. The largest absolute Gasteiger partial charge is 1.00 e. The van der Waals surface area contributed by atoms with Crippen molar-refractivity contribution in [2.24, 2.45) is 0 Å². The molecule has 2 fully saturated rings. The summed E-state index contributed by atoms with van der Waals surface area (Å²) in [5.74, 6) is -4.86. The summed E-state index contributed by atoms with van der Waals surface area (Å²) in [6.07, 6.45) is 1.58. The van der Waals surface area contributed by atoms with E-state index in [-0.39, 0.29) is 54.0 Å². The molecule has 1 aromatic rings. The Labute approximate surface area is 260 Å². The van der Waals surface area contributed by atoms with Gasteiger partial charge < -0.3 is 30.5 Å². The zero-order valence-electron chi connectivity index (χ0n) is 22.0. The number of nitrogens with one attached hydrogen (secondary N) is 2. The summed E-state index contributed by atoms with van der Waals surface area (Å²) in [6.45, 7) is 1.55. The summed E-state index contributed by atoms with van der Waals surface area (Å²) in [5.41, 5.74) is 0.0540. The van der Waals surface area contributed by atoms with Crippen molar-refractivity contribution in [3.05, 3.63) is 47.2 Å². The SMILES string of the molecule is CCN1CCN(C(=O)NC(C(=O)N[C@]2(SC)C(=O)N3C(C(=O)[O-])=C(CO)CS[C@H]32)c2ccccc2)C(=O)C1=O.[Na+]. The number of piperazine rings is 1. The van der Waals surface area contributed by atoms with Gasteiger partial charge in [0.15, 0.2) is 4.87 Å². The average molecular weight is 600 g/mol. The first kappa shape index (κ1) is 32.0. The molecule has 0 radical (unpaired) electrons. The molecule has 208 valence electrons. The Morgan fingerprint density at radius 2 is 1.85 bits per heavy atom. The molecule has 0 aromatic heterocycles. The minimum Gasteiger partial charge on any atom is -0.543 e. The summed E-state index contributed by atoms with van der Waals surface area (Å²) < 4.78 is 0. The third kappa shape index (κ3) is 5.50. The number of amides is 6. The molecule has 3 heterocycles. The van der Waals surface area contributed by atoms with Crippen LogP contribution in [0, 0.1) is 0 Å². The maximum Gasteiger partial charge on any atom is 1.00 e. The van der Waals surface area contributed by atoms with E-state index < -0.39 is 64.2 Å². The van der Waals surface area contributed by atoms with Crippen LogP contribution in [-0.2, 0) is 24.0 Å². The molecule has 0 aliphatic carbocycles. The number of imide groups is 1. The van der Waals surface area contributed by atoms with Crippen LogP contribution in [0.4, 0.5) is 4.79 Å². The summed E-state index contributed by atoms with van der Waals surface area (Å²) in [6, 6.07) is 5.83. The van der Waals surface area contributed by atoms with E-state index in [2.05, 4.69) is 10.6 Å². The van der Waals surface area contributed by atoms with Crippen LogP contribution in [-0.4, -0.2) is 104 Å². The second-order valence-corrected chi connectivity index (χ2v) is 10.9. The van der Waals surface area contributed by atoms with Gasteiger partial charge >= 0.3 is 47.4 Å². The van der Waals surface area contributed by atoms with E-state index in [1.54, 1.807) is 43.5 Å². The first-order chi connectivity index (χ1) is 18.6. The van der Waals surface area contributed by atoms with Crippen molar-refractivity contribution in [3.8, 4) is 0 Å². The van der Waals surface area contributed by atoms with Crippen LogP contribution in [0.25, 0.3) is 0 Å². The average Bonchev–Trinajstić information content (AvgIpc) is 2.94. The summed E-state index contributed by atoms with van der Waals surface area (Å²) in [5, 5.41) is 25.7. The van der Waals surface area contributed by atoms with Crippen LogP contribution >= 0.6 is 23.5 Å². The maximum atomic E-state index is 13.7. The molecule has 3 atom stereocenters. The fourth-order valence-electron chi connectivity index (χ4n) is 4.63. The zero-order valence-corrected chi connectivity index (χ0v) is 25.7. The Bertz CT molecular complexity index is 1260. The van der Waals surface area contributed by atoms with Gasteiger partial charge in [-0.1, -0.05) is 30.3 Å². The van der Waals surface area contributed by atoms with Gasteiger partial charge in [0.1, 0.15) is 11.4 Å². The summed E-state index contributed by atoms with van der Waals surface area (Å²) >= 11 is 2.17. The van der Waals surface area contributed by atoms with Crippen LogP contribution in [0.15, 0.2) is 41.6 Å². The monoisotopic (exact) mass is 599 g/mol. The number of likely N-dealkylation sites (N-methyl/N-ethyl adjacent to an activating group) is 1. The molecule has 1 unspecified atom stereocenters. The first-order valence-corrected chi connectivity index (χ1v) is 14.2. The number of aliphatic carboxylic acids is 1. The van der Waals surface area contributed by atoms with Gasteiger partial charge in [0.2, 0.25) is 5.91 Å². The van der Waals surface area contributed by atoms with Crippen molar-refractivity contribution < 1.29 is 68.5 Å². The van der Waals surface area contributed by atoms with Gasteiger partial charge in [-0.15, -0.1) is 23.5 Å². The smallest absolute Gasteiger partial charge is 0.543 e. The fourth-order valence-corrected chi connectivity index (χ4v) is 7.23. The second kappa shape index (κ2) is 13.0. The zero-order chi connectivity index (χ0) is 28.5. The van der Waals surface area contributed by atoms with Gasteiger partial charge in [0.25, 0.3) is 5.91 Å². The normalized spacial score (nSPS) is 23.1. The van der Waals surface area contributed by atoms with Crippen molar-refractivity contribution >= 4 is 59.2 Å². The molecular weight excluding hydrogens is 573 g/mol. The molecular formula is C24H26N5NaO8S2. The van der Waals surface area contributed by atoms with Gasteiger partial charge in [-0.2, -0.15) is 0 Å². The van der Waals surface area contributed by atoms with Gasteiger partial charge in [0, 0.05) is 25.4 Å². The molecule has 0 saturated carbocycles. The van der Waals surface area contributed by atoms with E-state index in [1.165, 1.54) is 16.7 Å². The number of carboxylic acid groups (broad SMARTS) is 1. The number of hydrogen-bond acceptors (Lipinski definition) is 10. The van der Waals surface area contributed by atoms with Gasteiger partial charge in [-0.05, 0) is 24.3 Å². The first-order valence-electron chi connectivity index (χ1n) is 11.9. The van der Waals surface area contributed by atoms with Crippen molar-refractivity contribution in [3.63, 3.8) is 0 Å². The van der Waals surface area contributed by atoms with E-state index in [1.807, 2.05) is 0 Å². The van der Waals surface area contributed by atoms with Gasteiger partial charge in [-0.3, -0.25) is 29.0 Å². The van der Waals surface area contributed by atoms with Crippen molar-refractivity contribution in [2.75, 3.05) is 38.2 Å². The van der Waals surface area contributed by atoms with Crippen molar-refractivity contribution in [1.29, 1.82) is 0 Å². The number of thioether (sulfide) groups is 2. The van der Waals surface area contributed by atoms with E-state index in [4.69, 9.17) is 0 Å². The number of rotatable bonds is 8. The van der Waals surface area contributed by atoms with Crippen LogP contribution in [0.1, 0.15) is 18.5 Å². The minimum absolute atomic E-state index is 0. The summed E-state index contributed by atoms with van der Waals surface area (Å²) in [7, 11) is 0. The van der Waals surface area contributed by atoms with Crippen molar-refractivity contribution in [1.82, 2.24) is 25.3 Å². The van der Waals surface area contributed by atoms with Crippen LogP contribution < -0.4 is 45.3 Å². The van der Waals surface area contributed by atoms with Crippen LogP contribution in [0.5, 0.6) is 0 Å². The molecule has 0 spiro atoms. The number of aliphatic hydroxyl groups excluding tert-OH is 1. The number of carbonyl (C=O) groups excluding carboxylic acids is 6. The standard InChI is InChI=1S/C24H27N5O8S2.Na/c1-3-27-9-10-28(19(33)18(27)32)23(37)25-15(13-7-5-4-6-8-13)17(31)26-24(38-2)21(36)29-16(20(34)35)14(11-30)12-39-22(24)29;/h4-8,15,22,30H,3,9-12H2,1-2H3,(H,25,37)(H,26,31)(H,34,35);/q;+1/p-1/t15?,22-,24-;/m0./s1. The van der Waals surface area contributed by atoms with Gasteiger partial charge in [-0.25, -0.2) is 4.79 Å². The number of urea groups is 1. The predicted molar refractivity (Wildman–Crippen MR) is 138 cm³/mol. The van der Waals surface area contributed by atoms with Gasteiger partial charge in [0.05, 0.1) is 18.3 Å². The molecule has 16 heteroatoms. The molecule has 1 aromatic carbocycles. The number of benzene rings is 1. The molecule has 0 bridgehead atoms. The topological polar surface area (TPSA) is 179 Å². The van der Waals surface area contributed by atoms with E-state index in [9.17, 15) is 39.0 Å².